The molecule has 190 valence electrons. The first-order valence-corrected chi connectivity index (χ1v) is 13.3. The molecule has 0 saturated carbocycles. The number of piperazine rings is 1. The Morgan fingerprint density at radius 1 is 1.00 bits per heavy atom. The lowest BCUT2D eigenvalue weighted by Crippen LogP contribution is -2.56. The van der Waals surface area contributed by atoms with Crippen LogP contribution in [0.4, 0.5) is 0 Å². The minimum Gasteiger partial charge on any atom is -0.379 e. The molecule has 1 unspecified atom stereocenters. The summed E-state index contributed by atoms with van der Waals surface area (Å²) in [6.45, 7) is 12.1. The molecule has 0 radical (unpaired) electrons. The molecule has 1 N–H and O–H groups in total. The highest BCUT2D eigenvalue weighted by molar-refractivity contribution is 6.35. The van der Waals surface area contributed by atoms with E-state index >= 15 is 0 Å². The average molecular weight is 520 g/mol. The van der Waals surface area contributed by atoms with Crippen LogP contribution in [0.3, 0.4) is 0 Å². The maximum absolute atomic E-state index is 13.5. The fourth-order valence-corrected chi connectivity index (χ4v) is 5.40. The quantitative estimate of drug-likeness (QED) is 0.530. The van der Waals surface area contributed by atoms with Gasteiger partial charge in [0.1, 0.15) is 0 Å². The Kier molecular flexibility index (Phi) is 9.45. The summed E-state index contributed by atoms with van der Waals surface area (Å²) in [5.74, 6) is -0.00290. The van der Waals surface area contributed by atoms with Gasteiger partial charge in [-0.1, -0.05) is 41.4 Å². The molecule has 8 heteroatoms. The third-order valence-electron chi connectivity index (χ3n) is 6.98. The Morgan fingerprint density at radius 2 is 1.74 bits per heavy atom. The SMILES string of the molecule is Cc1ccc(CC2CN(CCCNN3CCOCC3)CCN2C(=O)c2cc(Cl)cc(Cl)c2)cc1C. The topological polar surface area (TPSA) is 48.0 Å². The number of hydrogen-bond acceptors (Lipinski definition) is 5. The fraction of sp³-hybridized carbons (Fsp3) is 0.519. The summed E-state index contributed by atoms with van der Waals surface area (Å²) in [6, 6.07) is 11.8. The third-order valence-corrected chi connectivity index (χ3v) is 7.41. The molecule has 1 amide bonds. The number of morpholine rings is 1. The van der Waals surface area contributed by atoms with Crippen LogP contribution in [-0.2, 0) is 11.2 Å². The van der Waals surface area contributed by atoms with Crippen LogP contribution >= 0.6 is 23.2 Å². The minimum absolute atomic E-state index is 0.00290. The number of hydrogen-bond donors (Lipinski definition) is 1. The highest BCUT2D eigenvalue weighted by Gasteiger charge is 2.31. The molecule has 4 rings (SSSR count). The summed E-state index contributed by atoms with van der Waals surface area (Å²) >= 11 is 12.4. The van der Waals surface area contributed by atoms with E-state index in [1.165, 1.54) is 16.7 Å². The number of rotatable bonds is 8. The molecular formula is C27H36Cl2N4O2. The number of hydrazine groups is 1. The molecule has 2 saturated heterocycles. The Hall–Kier alpha value is -1.67. The number of carbonyl (C=O) groups excluding carboxylic acids is 1. The highest BCUT2D eigenvalue weighted by atomic mass is 35.5. The molecule has 0 aromatic heterocycles. The van der Waals surface area contributed by atoms with Gasteiger partial charge >= 0.3 is 0 Å². The van der Waals surface area contributed by atoms with Crippen LogP contribution in [0.2, 0.25) is 10.0 Å². The smallest absolute Gasteiger partial charge is 0.254 e. The van der Waals surface area contributed by atoms with Crippen molar-refractivity contribution < 1.29 is 9.53 Å². The van der Waals surface area contributed by atoms with Gasteiger partial charge < -0.3 is 9.64 Å². The Balaban J connectivity index is 1.41. The van der Waals surface area contributed by atoms with E-state index in [0.29, 0.717) is 22.2 Å². The monoisotopic (exact) mass is 518 g/mol. The van der Waals surface area contributed by atoms with E-state index < -0.39 is 0 Å². The molecule has 0 spiro atoms. The first-order valence-electron chi connectivity index (χ1n) is 12.5. The first kappa shape index (κ1) is 26.4. The Bertz CT molecular complexity index is 992. The summed E-state index contributed by atoms with van der Waals surface area (Å²) in [7, 11) is 0. The second-order valence-corrected chi connectivity index (χ2v) is 10.5. The van der Waals surface area contributed by atoms with Gasteiger partial charge in [-0.25, -0.2) is 5.01 Å². The molecule has 35 heavy (non-hydrogen) atoms. The average Bonchev–Trinajstić information content (AvgIpc) is 2.84. The first-order chi connectivity index (χ1) is 16.9. The molecule has 2 heterocycles. The van der Waals surface area contributed by atoms with Crippen LogP contribution in [-0.4, -0.2) is 85.8 Å². The van der Waals surface area contributed by atoms with E-state index in [0.717, 1.165) is 65.3 Å². The highest BCUT2D eigenvalue weighted by Crippen LogP contribution is 2.24. The third kappa shape index (κ3) is 7.42. The predicted molar refractivity (Wildman–Crippen MR) is 142 cm³/mol. The van der Waals surface area contributed by atoms with Crippen molar-refractivity contribution in [3.63, 3.8) is 0 Å². The van der Waals surface area contributed by atoms with Gasteiger partial charge in [-0.2, -0.15) is 0 Å². The van der Waals surface area contributed by atoms with Gasteiger partial charge in [0, 0.05) is 60.9 Å². The predicted octanol–water partition coefficient (Wildman–Crippen LogP) is 4.21. The van der Waals surface area contributed by atoms with Gasteiger partial charge in [-0.15, -0.1) is 0 Å². The van der Waals surface area contributed by atoms with Crippen molar-refractivity contribution in [2.75, 3.05) is 59.0 Å². The largest absolute Gasteiger partial charge is 0.379 e. The van der Waals surface area contributed by atoms with Crippen LogP contribution in [0.25, 0.3) is 0 Å². The van der Waals surface area contributed by atoms with Gasteiger partial charge in [0.15, 0.2) is 0 Å². The summed E-state index contributed by atoms with van der Waals surface area (Å²) in [4.78, 5) is 18.0. The van der Waals surface area contributed by atoms with E-state index in [1.54, 1.807) is 18.2 Å². The number of ether oxygens (including phenoxy) is 1. The van der Waals surface area contributed by atoms with E-state index in [4.69, 9.17) is 27.9 Å². The number of aryl methyl sites for hydroxylation is 2. The Labute approximate surface area is 219 Å². The zero-order valence-corrected chi connectivity index (χ0v) is 22.2. The Morgan fingerprint density at radius 3 is 2.46 bits per heavy atom. The van der Waals surface area contributed by atoms with E-state index in [-0.39, 0.29) is 11.9 Å². The second kappa shape index (κ2) is 12.5. The molecule has 6 nitrogen and oxygen atoms in total. The zero-order chi connectivity index (χ0) is 24.8. The fourth-order valence-electron chi connectivity index (χ4n) is 4.87. The van der Waals surface area contributed by atoms with Gasteiger partial charge in [-0.3, -0.25) is 15.1 Å². The molecule has 0 aliphatic carbocycles. The van der Waals surface area contributed by atoms with Crippen molar-refractivity contribution >= 4 is 29.1 Å². The van der Waals surface area contributed by atoms with E-state index in [9.17, 15) is 4.79 Å². The second-order valence-electron chi connectivity index (χ2n) is 9.59. The van der Waals surface area contributed by atoms with Crippen molar-refractivity contribution in [2.45, 2.75) is 32.7 Å². The molecule has 2 aromatic rings. The standard InChI is InChI=1S/C27H36Cl2N4O2/c1-20-4-5-22(14-21(20)2)15-26-19-31(7-3-6-30-32-10-12-35-13-11-32)8-9-33(26)27(34)23-16-24(28)18-25(29)17-23/h4-5,14,16-18,26,30H,3,6-13,15,19H2,1-2H3. The molecule has 2 aliphatic rings. The normalized spacial score (nSPS) is 19.8. The maximum Gasteiger partial charge on any atom is 0.254 e. The van der Waals surface area contributed by atoms with Crippen molar-refractivity contribution in [2.24, 2.45) is 0 Å². The van der Waals surface area contributed by atoms with Crippen LogP contribution in [0, 0.1) is 13.8 Å². The zero-order valence-electron chi connectivity index (χ0n) is 20.7. The number of nitrogens with one attached hydrogen (secondary N) is 1. The van der Waals surface area contributed by atoms with Crippen LogP contribution < -0.4 is 5.43 Å². The summed E-state index contributed by atoms with van der Waals surface area (Å²) in [5, 5.41) is 3.22. The van der Waals surface area contributed by atoms with Crippen molar-refractivity contribution in [3.05, 3.63) is 68.7 Å². The maximum atomic E-state index is 13.5. The van der Waals surface area contributed by atoms with Crippen molar-refractivity contribution in [3.8, 4) is 0 Å². The molecular weight excluding hydrogens is 483 g/mol. The number of nitrogens with zero attached hydrogens (tertiary/aromatic N) is 3. The van der Waals surface area contributed by atoms with Crippen LogP contribution in [0.15, 0.2) is 36.4 Å². The minimum atomic E-state index is -0.00290. The molecule has 1 atom stereocenters. The van der Waals surface area contributed by atoms with Gasteiger partial charge in [0.2, 0.25) is 0 Å². The number of carbonyl (C=O) groups is 1. The van der Waals surface area contributed by atoms with E-state index in [2.05, 4.69) is 47.4 Å². The number of halogens is 2. The van der Waals surface area contributed by atoms with Crippen molar-refractivity contribution in [1.82, 2.24) is 20.2 Å². The van der Waals surface area contributed by atoms with Crippen LogP contribution in [0.1, 0.15) is 33.5 Å². The molecule has 2 fully saturated rings. The lowest BCUT2D eigenvalue weighted by Gasteiger charge is -2.42. The summed E-state index contributed by atoms with van der Waals surface area (Å²) in [6.07, 6.45) is 1.88. The summed E-state index contributed by atoms with van der Waals surface area (Å²) in [5.41, 5.74) is 7.90. The lowest BCUT2D eigenvalue weighted by molar-refractivity contribution is 0.0108. The molecule has 0 bridgehead atoms. The summed E-state index contributed by atoms with van der Waals surface area (Å²) < 4.78 is 5.41. The molecule has 2 aromatic carbocycles. The van der Waals surface area contributed by atoms with Crippen LogP contribution in [0.5, 0.6) is 0 Å². The van der Waals surface area contributed by atoms with Gasteiger partial charge in [0.05, 0.1) is 13.2 Å². The number of amides is 1. The van der Waals surface area contributed by atoms with Gasteiger partial charge in [0.25, 0.3) is 5.91 Å². The van der Waals surface area contributed by atoms with Gasteiger partial charge in [-0.05, 0) is 68.1 Å². The van der Waals surface area contributed by atoms with Crippen molar-refractivity contribution in [1.29, 1.82) is 0 Å². The molecule has 2 aliphatic heterocycles. The number of benzene rings is 2. The van der Waals surface area contributed by atoms with E-state index in [1.807, 2.05) is 4.90 Å². The lowest BCUT2D eigenvalue weighted by atomic mass is 9.97.